The number of nitro groups is 1. The van der Waals surface area contributed by atoms with Crippen LogP contribution >= 0.6 is 0 Å². The van der Waals surface area contributed by atoms with E-state index >= 15 is 0 Å². The summed E-state index contributed by atoms with van der Waals surface area (Å²) < 4.78 is 1.86. The van der Waals surface area contributed by atoms with Crippen LogP contribution in [0.4, 0.5) is 11.5 Å². The van der Waals surface area contributed by atoms with Gasteiger partial charge in [0.15, 0.2) is 5.82 Å². The Bertz CT molecular complexity index is 595. The number of anilines is 1. The molecule has 0 aliphatic carbocycles. The maximum absolute atomic E-state index is 10.9. The molecule has 0 saturated heterocycles. The van der Waals surface area contributed by atoms with E-state index in [4.69, 9.17) is 0 Å². The van der Waals surface area contributed by atoms with Crippen LogP contribution in [0.5, 0.6) is 0 Å². The molecule has 0 aromatic carbocycles. The fourth-order valence-corrected chi connectivity index (χ4v) is 1.67. The van der Waals surface area contributed by atoms with Crippen LogP contribution < -0.4 is 5.32 Å². The second kappa shape index (κ2) is 5.42. The van der Waals surface area contributed by atoms with E-state index in [-0.39, 0.29) is 11.5 Å². The second-order valence-electron chi connectivity index (χ2n) is 3.96. The molecule has 8 heteroatoms. The molecule has 0 amide bonds. The molecule has 100 valence electrons. The lowest BCUT2D eigenvalue weighted by Gasteiger charge is -2.07. The van der Waals surface area contributed by atoms with Gasteiger partial charge in [0, 0.05) is 18.3 Å². The molecule has 0 saturated carbocycles. The van der Waals surface area contributed by atoms with Crippen LogP contribution in [0.3, 0.4) is 0 Å². The van der Waals surface area contributed by atoms with E-state index in [1.54, 1.807) is 19.3 Å². The summed E-state index contributed by atoms with van der Waals surface area (Å²) in [5.41, 5.74) is 0.665. The van der Waals surface area contributed by atoms with Crippen LogP contribution in [0.15, 0.2) is 18.5 Å². The van der Waals surface area contributed by atoms with Crippen molar-refractivity contribution < 1.29 is 4.92 Å². The minimum Gasteiger partial charge on any atom is -0.357 e. The first kappa shape index (κ1) is 12.9. The van der Waals surface area contributed by atoms with E-state index in [2.05, 4.69) is 20.5 Å². The monoisotopic (exact) mass is 262 g/mol. The lowest BCUT2D eigenvalue weighted by atomic mass is 10.3. The summed E-state index contributed by atoms with van der Waals surface area (Å²) in [6.07, 6.45) is 1.62. The summed E-state index contributed by atoms with van der Waals surface area (Å²) in [7, 11) is 0. The summed E-state index contributed by atoms with van der Waals surface area (Å²) in [4.78, 5) is 14.6. The largest absolute Gasteiger partial charge is 0.357 e. The number of rotatable bonds is 5. The van der Waals surface area contributed by atoms with Gasteiger partial charge in [-0.2, -0.15) is 0 Å². The molecule has 2 heterocycles. The first-order valence-corrected chi connectivity index (χ1v) is 5.84. The van der Waals surface area contributed by atoms with Gasteiger partial charge in [0.05, 0.1) is 11.5 Å². The molecular formula is C11H14N6O2. The van der Waals surface area contributed by atoms with Gasteiger partial charge in [0.1, 0.15) is 6.33 Å². The van der Waals surface area contributed by atoms with E-state index < -0.39 is 4.92 Å². The molecule has 2 aromatic rings. The zero-order chi connectivity index (χ0) is 13.8. The van der Waals surface area contributed by atoms with Crippen LogP contribution in [0.1, 0.15) is 18.4 Å². The van der Waals surface area contributed by atoms with Crippen LogP contribution in [0.25, 0.3) is 0 Å². The van der Waals surface area contributed by atoms with Crippen LogP contribution in [-0.2, 0) is 13.1 Å². The number of hydrogen-bond acceptors (Lipinski definition) is 6. The van der Waals surface area contributed by atoms with Gasteiger partial charge in [-0.1, -0.05) is 0 Å². The molecule has 0 unspecified atom stereocenters. The van der Waals surface area contributed by atoms with E-state index in [0.717, 1.165) is 6.54 Å². The predicted molar refractivity (Wildman–Crippen MR) is 68.7 cm³/mol. The van der Waals surface area contributed by atoms with Gasteiger partial charge in [0.25, 0.3) is 0 Å². The third-order valence-corrected chi connectivity index (χ3v) is 2.66. The van der Waals surface area contributed by atoms with Crippen molar-refractivity contribution in [3.8, 4) is 0 Å². The molecule has 0 spiro atoms. The summed E-state index contributed by atoms with van der Waals surface area (Å²) >= 11 is 0. The molecule has 2 rings (SSSR count). The van der Waals surface area contributed by atoms with Gasteiger partial charge >= 0.3 is 5.69 Å². The quantitative estimate of drug-likeness (QED) is 0.648. The molecule has 0 bridgehead atoms. The normalized spacial score (nSPS) is 10.4. The van der Waals surface area contributed by atoms with E-state index in [9.17, 15) is 10.1 Å². The lowest BCUT2D eigenvalue weighted by Crippen LogP contribution is -2.10. The van der Waals surface area contributed by atoms with E-state index in [0.29, 0.717) is 18.1 Å². The highest BCUT2D eigenvalue weighted by Gasteiger charge is 2.15. The molecular weight excluding hydrogens is 248 g/mol. The molecule has 0 atom stereocenters. The van der Waals surface area contributed by atoms with Gasteiger partial charge in [-0.15, -0.1) is 10.2 Å². The maximum Gasteiger partial charge on any atom is 0.311 e. The van der Waals surface area contributed by atoms with Crippen molar-refractivity contribution >= 4 is 11.5 Å². The van der Waals surface area contributed by atoms with Crippen molar-refractivity contribution in [3.05, 3.63) is 40.1 Å². The third kappa shape index (κ3) is 2.84. The third-order valence-electron chi connectivity index (χ3n) is 2.66. The van der Waals surface area contributed by atoms with Crippen molar-refractivity contribution in [2.24, 2.45) is 0 Å². The number of nitrogens with one attached hydrogen (secondary N) is 1. The second-order valence-corrected chi connectivity index (χ2v) is 3.96. The highest BCUT2D eigenvalue weighted by Crippen LogP contribution is 2.22. The summed E-state index contributed by atoms with van der Waals surface area (Å²) in [6, 6.07) is 3.05. The van der Waals surface area contributed by atoms with Gasteiger partial charge in [-0.05, 0) is 19.9 Å². The minimum atomic E-state index is -0.459. The highest BCUT2D eigenvalue weighted by atomic mass is 16.6. The number of hydrogen-bond donors (Lipinski definition) is 1. The zero-order valence-corrected chi connectivity index (χ0v) is 10.7. The summed E-state index contributed by atoms with van der Waals surface area (Å²) in [5.74, 6) is 0.954. The Morgan fingerprint density at radius 3 is 2.95 bits per heavy atom. The summed E-state index contributed by atoms with van der Waals surface area (Å²) in [6.45, 7) is 4.84. The van der Waals surface area contributed by atoms with Gasteiger partial charge < -0.3 is 9.88 Å². The molecule has 0 fully saturated rings. The number of nitrogens with zero attached hydrogens (tertiary/aromatic N) is 5. The number of aryl methyl sites for hydroxylation is 2. The van der Waals surface area contributed by atoms with Gasteiger partial charge in [0.2, 0.25) is 5.82 Å². The Kier molecular flexibility index (Phi) is 3.69. The molecule has 19 heavy (non-hydrogen) atoms. The molecule has 0 aliphatic heterocycles. The zero-order valence-electron chi connectivity index (χ0n) is 10.7. The van der Waals surface area contributed by atoms with Crippen LogP contribution in [0, 0.1) is 17.0 Å². The summed E-state index contributed by atoms with van der Waals surface area (Å²) in [5, 5.41) is 21.6. The number of pyridine rings is 1. The average molecular weight is 262 g/mol. The van der Waals surface area contributed by atoms with Crippen LogP contribution in [-0.4, -0.2) is 24.7 Å². The predicted octanol–water partition coefficient (Wildman–Crippen LogP) is 1.52. The average Bonchev–Trinajstić information content (AvgIpc) is 2.83. The SMILES string of the molecule is CCn1cnnc1CNc1nc(C)ccc1[N+](=O)[O-]. The minimum absolute atomic E-state index is 0.0480. The molecule has 0 aliphatic rings. The van der Waals surface area contributed by atoms with Crippen molar-refractivity contribution in [1.82, 2.24) is 19.7 Å². The Morgan fingerprint density at radius 1 is 1.47 bits per heavy atom. The van der Waals surface area contributed by atoms with Crippen molar-refractivity contribution in [2.75, 3.05) is 5.32 Å². The fourth-order valence-electron chi connectivity index (χ4n) is 1.67. The Morgan fingerprint density at radius 2 is 2.26 bits per heavy atom. The van der Waals surface area contributed by atoms with E-state index in [1.807, 2.05) is 11.5 Å². The lowest BCUT2D eigenvalue weighted by molar-refractivity contribution is -0.384. The number of aromatic nitrogens is 4. The maximum atomic E-state index is 10.9. The Labute approximate surface area is 109 Å². The molecule has 8 nitrogen and oxygen atoms in total. The highest BCUT2D eigenvalue weighted by molar-refractivity contribution is 5.55. The molecule has 2 aromatic heterocycles. The van der Waals surface area contributed by atoms with Crippen LogP contribution in [0.2, 0.25) is 0 Å². The van der Waals surface area contributed by atoms with Crippen molar-refractivity contribution in [3.63, 3.8) is 0 Å². The Balaban J connectivity index is 2.19. The van der Waals surface area contributed by atoms with E-state index in [1.165, 1.54) is 6.07 Å². The first-order chi connectivity index (χ1) is 9.11. The standard InChI is InChI=1S/C11H14N6O2/c1-3-16-7-13-15-10(16)6-12-11-9(17(18)19)5-4-8(2)14-11/h4-5,7H,3,6H2,1-2H3,(H,12,14). The Hall–Kier alpha value is -2.51. The smallest absolute Gasteiger partial charge is 0.311 e. The van der Waals surface area contributed by atoms with Crippen molar-refractivity contribution in [1.29, 1.82) is 0 Å². The topological polar surface area (TPSA) is 98.8 Å². The van der Waals surface area contributed by atoms with Crippen molar-refractivity contribution in [2.45, 2.75) is 26.9 Å². The van der Waals surface area contributed by atoms with Gasteiger partial charge in [-0.3, -0.25) is 10.1 Å². The molecule has 0 radical (unpaired) electrons. The first-order valence-electron chi connectivity index (χ1n) is 5.84. The fraction of sp³-hybridized carbons (Fsp3) is 0.364. The van der Waals surface area contributed by atoms with Gasteiger partial charge in [-0.25, -0.2) is 4.98 Å². The molecule has 1 N–H and O–H groups in total.